The molecule has 0 saturated heterocycles. The Kier molecular flexibility index (Phi) is 4.30. The Morgan fingerprint density at radius 1 is 1.10 bits per heavy atom. The van der Waals surface area contributed by atoms with E-state index in [1.807, 2.05) is 38.4 Å². The number of carbonyl (C=O) groups is 1. The lowest BCUT2D eigenvalue weighted by Crippen LogP contribution is -2.10. The molecule has 0 unspecified atom stereocenters. The van der Waals surface area contributed by atoms with E-state index in [0.29, 0.717) is 11.1 Å². The van der Waals surface area contributed by atoms with E-state index >= 15 is 0 Å². The third-order valence-corrected chi connectivity index (χ3v) is 3.14. The Bertz CT molecular complexity index is 617. The third-order valence-electron chi connectivity index (χ3n) is 3.14. The second-order valence-electron chi connectivity index (χ2n) is 5.19. The fourth-order valence-electron chi connectivity index (χ4n) is 2.12. The van der Waals surface area contributed by atoms with Crippen LogP contribution in [0.3, 0.4) is 0 Å². The molecule has 0 aliphatic carbocycles. The van der Waals surface area contributed by atoms with Gasteiger partial charge in [-0.05, 0) is 50.3 Å². The highest BCUT2D eigenvalue weighted by Gasteiger charge is 2.08. The minimum Gasteiger partial charge on any atom is -0.305 e. The van der Waals surface area contributed by atoms with Gasteiger partial charge in [0.25, 0.3) is 0 Å². The second kappa shape index (κ2) is 5.97. The summed E-state index contributed by atoms with van der Waals surface area (Å²) in [5.74, 6) is -0.370. The molecule has 104 valence electrons. The van der Waals surface area contributed by atoms with E-state index in [0.717, 1.165) is 12.1 Å². The molecular formula is C17H18FNO. The van der Waals surface area contributed by atoms with Crippen molar-refractivity contribution in [1.29, 1.82) is 0 Å². The van der Waals surface area contributed by atoms with Crippen LogP contribution in [0.25, 0.3) is 11.1 Å². The van der Waals surface area contributed by atoms with Crippen LogP contribution in [0.15, 0.2) is 42.5 Å². The Hall–Kier alpha value is -2.00. The molecule has 0 amide bonds. The molecule has 0 N–H and O–H groups in total. The van der Waals surface area contributed by atoms with Crippen LogP contribution in [0, 0.1) is 5.82 Å². The van der Waals surface area contributed by atoms with E-state index in [4.69, 9.17) is 0 Å². The molecule has 0 aromatic heterocycles. The molecule has 3 heteroatoms. The van der Waals surface area contributed by atoms with Crippen molar-refractivity contribution in [3.63, 3.8) is 0 Å². The average Bonchev–Trinajstić information content (AvgIpc) is 2.39. The van der Waals surface area contributed by atoms with E-state index in [-0.39, 0.29) is 11.6 Å². The largest absolute Gasteiger partial charge is 0.305 e. The normalized spacial score (nSPS) is 10.8. The van der Waals surface area contributed by atoms with E-state index in [1.54, 1.807) is 6.07 Å². The monoisotopic (exact) mass is 271 g/mol. The molecule has 20 heavy (non-hydrogen) atoms. The van der Waals surface area contributed by atoms with Gasteiger partial charge in [0.15, 0.2) is 5.78 Å². The van der Waals surface area contributed by atoms with Gasteiger partial charge in [-0.15, -0.1) is 0 Å². The van der Waals surface area contributed by atoms with E-state index < -0.39 is 0 Å². The van der Waals surface area contributed by atoms with Gasteiger partial charge >= 0.3 is 0 Å². The standard InChI is InChI=1S/C17H18FNO/c1-12(20)15-8-9-17(18)16(10-15)14-6-4-13(5-7-14)11-19(2)3/h4-10H,11H2,1-3H3. The van der Waals surface area contributed by atoms with Crippen LogP contribution >= 0.6 is 0 Å². The van der Waals surface area contributed by atoms with Crippen molar-refractivity contribution in [2.75, 3.05) is 14.1 Å². The first-order valence-electron chi connectivity index (χ1n) is 6.52. The van der Waals surface area contributed by atoms with Gasteiger partial charge in [0.05, 0.1) is 0 Å². The highest BCUT2D eigenvalue weighted by molar-refractivity contribution is 5.95. The Balaban J connectivity index is 2.36. The number of halogens is 1. The van der Waals surface area contributed by atoms with Crippen LogP contribution in [0.1, 0.15) is 22.8 Å². The van der Waals surface area contributed by atoms with Crippen LogP contribution in [-0.2, 0) is 6.54 Å². The van der Waals surface area contributed by atoms with Gasteiger partial charge in [-0.25, -0.2) is 4.39 Å². The van der Waals surface area contributed by atoms with Crippen molar-refractivity contribution < 1.29 is 9.18 Å². The molecule has 0 aliphatic rings. The maximum atomic E-state index is 13.9. The van der Waals surface area contributed by atoms with Gasteiger partial charge in [-0.3, -0.25) is 4.79 Å². The van der Waals surface area contributed by atoms with Crippen molar-refractivity contribution in [1.82, 2.24) is 4.90 Å². The molecule has 0 spiro atoms. The summed E-state index contributed by atoms with van der Waals surface area (Å²) in [6, 6.07) is 12.2. The Morgan fingerprint density at radius 3 is 2.30 bits per heavy atom. The van der Waals surface area contributed by atoms with Gasteiger partial charge in [0.1, 0.15) is 5.82 Å². The maximum absolute atomic E-state index is 13.9. The molecule has 0 fully saturated rings. The molecule has 0 radical (unpaired) electrons. The van der Waals surface area contributed by atoms with Crippen molar-refractivity contribution in [3.8, 4) is 11.1 Å². The molecular weight excluding hydrogens is 253 g/mol. The highest BCUT2D eigenvalue weighted by Crippen LogP contribution is 2.25. The lowest BCUT2D eigenvalue weighted by atomic mass is 10.00. The van der Waals surface area contributed by atoms with E-state index in [9.17, 15) is 9.18 Å². The number of rotatable bonds is 4. The zero-order chi connectivity index (χ0) is 14.7. The number of hydrogen-bond acceptors (Lipinski definition) is 2. The van der Waals surface area contributed by atoms with Gasteiger partial charge in [0.2, 0.25) is 0 Å². The van der Waals surface area contributed by atoms with E-state index in [2.05, 4.69) is 4.90 Å². The molecule has 2 aromatic carbocycles. The summed E-state index contributed by atoms with van der Waals surface area (Å²) in [7, 11) is 4.01. The number of carbonyl (C=O) groups excluding carboxylic acids is 1. The first kappa shape index (κ1) is 14.4. The lowest BCUT2D eigenvalue weighted by Gasteiger charge is -2.11. The number of ketones is 1. The smallest absolute Gasteiger partial charge is 0.159 e. The summed E-state index contributed by atoms with van der Waals surface area (Å²) in [6.45, 7) is 2.33. The van der Waals surface area contributed by atoms with Crippen molar-refractivity contribution in [2.24, 2.45) is 0 Å². The van der Waals surface area contributed by atoms with Gasteiger partial charge in [-0.2, -0.15) is 0 Å². The molecule has 0 bridgehead atoms. The SMILES string of the molecule is CC(=O)c1ccc(F)c(-c2ccc(CN(C)C)cc2)c1. The topological polar surface area (TPSA) is 20.3 Å². The van der Waals surface area contributed by atoms with Crippen molar-refractivity contribution >= 4 is 5.78 Å². The predicted molar refractivity (Wildman–Crippen MR) is 79.2 cm³/mol. The fourth-order valence-corrected chi connectivity index (χ4v) is 2.12. The molecule has 2 aromatic rings. The van der Waals surface area contributed by atoms with Crippen LogP contribution in [0.5, 0.6) is 0 Å². The molecule has 0 aliphatic heterocycles. The third kappa shape index (κ3) is 3.31. The van der Waals surface area contributed by atoms with Crippen LogP contribution in [-0.4, -0.2) is 24.8 Å². The minimum atomic E-state index is -0.310. The van der Waals surface area contributed by atoms with E-state index in [1.165, 1.54) is 24.6 Å². The molecule has 0 heterocycles. The molecule has 0 saturated carbocycles. The average molecular weight is 271 g/mol. The molecule has 2 rings (SSSR count). The fraction of sp³-hybridized carbons (Fsp3) is 0.235. The zero-order valence-corrected chi connectivity index (χ0v) is 12.0. The number of hydrogen-bond donors (Lipinski definition) is 0. The highest BCUT2D eigenvalue weighted by atomic mass is 19.1. The summed E-state index contributed by atoms with van der Waals surface area (Å²) in [6.07, 6.45) is 0. The number of nitrogens with zero attached hydrogens (tertiary/aromatic N) is 1. The Morgan fingerprint density at radius 2 is 1.75 bits per heavy atom. The Labute approximate surface area is 118 Å². The van der Waals surface area contributed by atoms with Gasteiger partial charge < -0.3 is 4.90 Å². The summed E-state index contributed by atoms with van der Waals surface area (Å²) in [5, 5.41) is 0. The zero-order valence-electron chi connectivity index (χ0n) is 12.0. The summed E-state index contributed by atoms with van der Waals surface area (Å²) in [5.41, 5.74) is 2.95. The lowest BCUT2D eigenvalue weighted by molar-refractivity contribution is 0.101. The van der Waals surface area contributed by atoms with Crippen molar-refractivity contribution in [2.45, 2.75) is 13.5 Å². The summed E-state index contributed by atoms with van der Waals surface area (Å²) < 4.78 is 13.9. The molecule has 0 atom stereocenters. The van der Waals surface area contributed by atoms with Crippen LogP contribution < -0.4 is 0 Å². The number of benzene rings is 2. The maximum Gasteiger partial charge on any atom is 0.159 e. The first-order chi connectivity index (χ1) is 9.47. The summed E-state index contributed by atoms with van der Waals surface area (Å²) >= 11 is 0. The predicted octanol–water partition coefficient (Wildman–Crippen LogP) is 3.76. The van der Waals surface area contributed by atoms with Gasteiger partial charge in [-0.1, -0.05) is 24.3 Å². The van der Waals surface area contributed by atoms with Crippen LogP contribution in [0.2, 0.25) is 0 Å². The number of Topliss-reactive ketones (excluding diaryl/α,β-unsaturated/α-hetero) is 1. The van der Waals surface area contributed by atoms with Crippen molar-refractivity contribution in [3.05, 3.63) is 59.4 Å². The minimum absolute atomic E-state index is 0.0597. The molecule has 2 nitrogen and oxygen atoms in total. The second-order valence-corrected chi connectivity index (χ2v) is 5.19. The quantitative estimate of drug-likeness (QED) is 0.789. The summed E-state index contributed by atoms with van der Waals surface area (Å²) in [4.78, 5) is 13.5. The van der Waals surface area contributed by atoms with Crippen LogP contribution in [0.4, 0.5) is 4.39 Å². The van der Waals surface area contributed by atoms with Gasteiger partial charge in [0, 0.05) is 17.7 Å². The first-order valence-corrected chi connectivity index (χ1v) is 6.52.